The second-order valence-electron chi connectivity index (χ2n) is 3.49. The van der Waals surface area contributed by atoms with Gasteiger partial charge in [-0.15, -0.1) is 0 Å². The molecule has 84 valence electrons. The van der Waals surface area contributed by atoms with Gasteiger partial charge in [0.15, 0.2) is 0 Å². The van der Waals surface area contributed by atoms with Gasteiger partial charge in [0.05, 0.1) is 30.1 Å². The van der Waals surface area contributed by atoms with Gasteiger partial charge < -0.3 is 9.84 Å². The number of hydrogen-bond donors (Lipinski definition) is 1. The zero-order valence-corrected chi connectivity index (χ0v) is 9.10. The maximum absolute atomic E-state index is 11.2. The van der Waals surface area contributed by atoms with Crippen LogP contribution in [0.2, 0.25) is 0 Å². The molecule has 1 aromatic carbocycles. The number of aromatic nitrogens is 2. The Morgan fingerprint density at radius 3 is 3.00 bits per heavy atom. The number of hydrogen-bond acceptors (Lipinski definition) is 4. The first-order valence-electron chi connectivity index (χ1n) is 4.84. The molecule has 0 fully saturated rings. The third kappa shape index (κ3) is 1.60. The number of aromatic hydroxyl groups is 1. The van der Waals surface area contributed by atoms with E-state index >= 15 is 0 Å². The lowest BCUT2D eigenvalue weighted by atomic mass is 10.1. The molecule has 0 amide bonds. The number of methoxy groups -OCH3 is 1. The standard InChI is InChI=1S/C11H12N2O3/c1-13-8-4-3-5-9(14)11(8)7(12-13)6-10(15)16-2/h3-5,14H,6H2,1-2H3. The first-order chi connectivity index (χ1) is 7.63. The van der Waals surface area contributed by atoms with Crippen molar-refractivity contribution in [3.63, 3.8) is 0 Å². The second-order valence-corrected chi connectivity index (χ2v) is 3.49. The highest BCUT2D eigenvalue weighted by Gasteiger charge is 2.15. The van der Waals surface area contributed by atoms with Gasteiger partial charge >= 0.3 is 5.97 Å². The predicted octanol–water partition coefficient (Wildman–Crippen LogP) is 0.994. The van der Waals surface area contributed by atoms with Crippen LogP contribution in [0, 0.1) is 0 Å². The van der Waals surface area contributed by atoms with Crippen LogP contribution < -0.4 is 0 Å². The molecule has 0 aliphatic heterocycles. The Labute approximate surface area is 92.2 Å². The van der Waals surface area contributed by atoms with Crippen LogP contribution in [-0.2, 0) is 23.0 Å². The van der Waals surface area contributed by atoms with Gasteiger partial charge in [0.1, 0.15) is 5.75 Å². The lowest BCUT2D eigenvalue weighted by Crippen LogP contribution is -2.05. The fourth-order valence-electron chi connectivity index (χ4n) is 1.71. The molecule has 0 spiro atoms. The van der Waals surface area contributed by atoms with E-state index in [4.69, 9.17) is 0 Å². The molecule has 2 rings (SSSR count). The monoisotopic (exact) mass is 220 g/mol. The largest absolute Gasteiger partial charge is 0.507 e. The summed E-state index contributed by atoms with van der Waals surface area (Å²) in [4.78, 5) is 11.2. The normalized spacial score (nSPS) is 10.6. The van der Waals surface area contributed by atoms with E-state index in [1.807, 2.05) is 6.07 Å². The second kappa shape index (κ2) is 3.84. The van der Waals surface area contributed by atoms with Crippen molar-refractivity contribution >= 4 is 16.9 Å². The van der Waals surface area contributed by atoms with Crippen molar-refractivity contribution in [3.05, 3.63) is 23.9 Å². The van der Waals surface area contributed by atoms with E-state index in [1.165, 1.54) is 7.11 Å². The molecule has 0 saturated carbocycles. The average Bonchev–Trinajstić information content (AvgIpc) is 2.57. The molecule has 0 atom stereocenters. The van der Waals surface area contributed by atoms with E-state index in [0.29, 0.717) is 11.1 Å². The Hall–Kier alpha value is -2.04. The van der Waals surface area contributed by atoms with Crippen molar-refractivity contribution in [3.8, 4) is 5.75 Å². The maximum Gasteiger partial charge on any atom is 0.311 e. The third-order valence-electron chi connectivity index (χ3n) is 2.47. The lowest BCUT2D eigenvalue weighted by Gasteiger charge is -1.98. The van der Waals surface area contributed by atoms with E-state index in [0.717, 1.165) is 5.52 Å². The van der Waals surface area contributed by atoms with Gasteiger partial charge in [-0.05, 0) is 12.1 Å². The molecule has 2 aromatic rings. The Bertz CT molecular complexity index is 545. The number of rotatable bonds is 2. The number of aryl methyl sites for hydroxylation is 1. The van der Waals surface area contributed by atoms with Crippen molar-refractivity contribution in [2.45, 2.75) is 6.42 Å². The van der Waals surface area contributed by atoms with Gasteiger partial charge in [0.25, 0.3) is 0 Å². The van der Waals surface area contributed by atoms with Crippen LogP contribution in [-0.4, -0.2) is 28.0 Å². The molecular formula is C11H12N2O3. The molecule has 5 heteroatoms. The summed E-state index contributed by atoms with van der Waals surface area (Å²) in [6.07, 6.45) is 0.0609. The molecule has 16 heavy (non-hydrogen) atoms. The molecule has 0 saturated heterocycles. The highest BCUT2D eigenvalue weighted by atomic mass is 16.5. The van der Waals surface area contributed by atoms with E-state index in [9.17, 15) is 9.90 Å². The maximum atomic E-state index is 11.2. The zero-order chi connectivity index (χ0) is 11.7. The molecule has 0 radical (unpaired) electrons. The van der Waals surface area contributed by atoms with Gasteiger partial charge in [-0.3, -0.25) is 9.48 Å². The topological polar surface area (TPSA) is 64.3 Å². The molecule has 0 unspecified atom stereocenters. The Balaban J connectivity index is 2.57. The molecule has 1 heterocycles. The van der Waals surface area contributed by atoms with E-state index in [1.54, 1.807) is 23.9 Å². The lowest BCUT2D eigenvalue weighted by molar-refractivity contribution is -0.139. The van der Waals surface area contributed by atoms with Crippen molar-refractivity contribution in [2.24, 2.45) is 7.05 Å². The van der Waals surface area contributed by atoms with Crippen molar-refractivity contribution < 1.29 is 14.6 Å². The quantitative estimate of drug-likeness (QED) is 0.767. The minimum atomic E-state index is -0.372. The van der Waals surface area contributed by atoms with Crippen LogP contribution >= 0.6 is 0 Å². The van der Waals surface area contributed by atoms with E-state index in [-0.39, 0.29) is 18.1 Å². The van der Waals surface area contributed by atoms with Gasteiger partial charge in [0.2, 0.25) is 0 Å². The van der Waals surface area contributed by atoms with Crippen molar-refractivity contribution in [2.75, 3.05) is 7.11 Å². The minimum absolute atomic E-state index is 0.0609. The van der Waals surface area contributed by atoms with Crippen LogP contribution in [0.4, 0.5) is 0 Å². The fourth-order valence-corrected chi connectivity index (χ4v) is 1.71. The summed E-state index contributed by atoms with van der Waals surface area (Å²) < 4.78 is 6.21. The van der Waals surface area contributed by atoms with E-state index < -0.39 is 0 Å². The summed E-state index contributed by atoms with van der Waals surface area (Å²) in [6, 6.07) is 5.15. The van der Waals surface area contributed by atoms with Crippen LogP contribution in [0.3, 0.4) is 0 Å². The first kappa shape index (κ1) is 10.5. The zero-order valence-electron chi connectivity index (χ0n) is 9.10. The van der Waals surface area contributed by atoms with Gasteiger partial charge in [0, 0.05) is 7.05 Å². The van der Waals surface area contributed by atoms with Crippen molar-refractivity contribution in [1.82, 2.24) is 9.78 Å². The third-order valence-corrected chi connectivity index (χ3v) is 2.47. The molecule has 1 aromatic heterocycles. The predicted molar refractivity (Wildman–Crippen MR) is 58.1 cm³/mol. The molecular weight excluding hydrogens is 208 g/mol. The van der Waals surface area contributed by atoms with Crippen molar-refractivity contribution in [1.29, 1.82) is 0 Å². The summed E-state index contributed by atoms with van der Waals surface area (Å²) in [6.45, 7) is 0. The number of carbonyl (C=O) groups excluding carboxylic acids is 1. The summed E-state index contributed by atoms with van der Waals surface area (Å²) >= 11 is 0. The molecule has 0 aliphatic rings. The highest BCUT2D eigenvalue weighted by molar-refractivity contribution is 5.90. The number of esters is 1. The molecule has 0 bridgehead atoms. The van der Waals surface area contributed by atoms with Gasteiger partial charge in [-0.25, -0.2) is 0 Å². The summed E-state index contributed by atoms with van der Waals surface area (Å²) in [5.41, 5.74) is 1.32. The highest BCUT2D eigenvalue weighted by Crippen LogP contribution is 2.27. The molecule has 0 aliphatic carbocycles. The summed E-state index contributed by atoms with van der Waals surface area (Å²) in [5, 5.41) is 14.5. The number of fused-ring (bicyclic) bond motifs is 1. The molecule has 1 N–H and O–H groups in total. The molecule has 5 nitrogen and oxygen atoms in total. The first-order valence-corrected chi connectivity index (χ1v) is 4.84. The van der Waals surface area contributed by atoms with Crippen LogP contribution in [0.25, 0.3) is 10.9 Å². The minimum Gasteiger partial charge on any atom is -0.507 e. The SMILES string of the molecule is COC(=O)Cc1nn(C)c2cccc(O)c12. The summed E-state index contributed by atoms with van der Waals surface area (Å²) in [7, 11) is 3.09. The number of nitrogens with zero attached hydrogens (tertiary/aromatic N) is 2. The van der Waals surface area contributed by atoms with Crippen LogP contribution in [0.15, 0.2) is 18.2 Å². The number of phenolic OH excluding ortho intramolecular Hbond substituents is 1. The summed E-state index contributed by atoms with van der Waals surface area (Å²) in [5.74, 6) is -0.243. The average molecular weight is 220 g/mol. The smallest absolute Gasteiger partial charge is 0.311 e. The van der Waals surface area contributed by atoms with Crippen LogP contribution in [0.1, 0.15) is 5.69 Å². The number of carbonyl (C=O) groups is 1. The Morgan fingerprint density at radius 2 is 2.31 bits per heavy atom. The fraction of sp³-hybridized carbons (Fsp3) is 0.273. The Morgan fingerprint density at radius 1 is 1.56 bits per heavy atom. The van der Waals surface area contributed by atoms with E-state index in [2.05, 4.69) is 9.84 Å². The Kier molecular flexibility index (Phi) is 2.52. The number of phenols is 1. The number of benzene rings is 1. The van der Waals surface area contributed by atoms with Gasteiger partial charge in [-0.1, -0.05) is 6.07 Å². The van der Waals surface area contributed by atoms with Crippen LogP contribution in [0.5, 0.6) is 5.75 Å². The van der Waals surface area contributed by atoms with Gasteiger partial charge in [-0.2, -0.15) is 5.10 Å². The number of ether oxygens (including phenoxy) is 1.